The maximum absolute atomic E-state index is 12.4. The maximum Gasteiger partial charge on any atom is 0.330 e. The second-order valence-electron chi connectivity index (χ2n) is 5.94. The van der Waals surface area contributed by atoms with Crippen LogP contribution in [0, 0.1) is 19.8 Å². The van der Waals surface area contributed by atoms with Gasteiger partial charge in [-0.25, -0.2) is 4.79 Å². The molecule has 0 radical (unpaired) electrons. The van der Waals surface area contributed by atoms with Crippen molar-refractivity contribution >= 4 is 5.97 Å². The van der Waals surface area contributed by atoms with Gasteiger partial charge in [-0.1, -0.05) is 37.6 Å². The van der Waals surface area contributed by atoms with E-state index in [0.717, 1.165) is 17.7 Å². The van der Waals surface area contributed by atoms with Gasteiger partial charge in [-0.3, -0.25) is 5.32 Å². The Kier molecular flexibility index (Phi) is 5.75. The molecule has 0 aliphatic carbocycles. The van der Waals surface area contributed by atoms with Crippen molar-refractivity contribution in [1.82, 2.24) is 5.32 Å². The molecule has 0 bridgehead atoms. The van der Waals surface area contributed by atoms with Gasteiger partial charge in [-0.2, -0.15) is 0 Å². The van der Waals surface area contributed by atoms with Crippen LogP contribution >= 0.6 is 0 Å². The number of rotatable bonds is 6. The molecule has 112 valence electrons. The molecule has 0 saturated heterocycles. The SMILES string of the molecule is CCOC(=O)C(C)(NCC(C)C)c1ccc(C)cc1C. The first-order chi connectivity index (χ1) is 9.31. The van der Waals surface area contributed by atoms with Gasteiger partial charge in [0.2, 0.25) is 0 Å². The molecular formula is C17H27NO2. The molecule has 1 rings (SSSR count). The molecule has 1 aromatic carbocycles. The topological polar surface area (TPSA) is 38.3 Å². The summed E-state index contributed by atoms with van der Waals surface area (Å²) < 4.78 is 5.28. The molecule has 20 heavy (non-hydrogen) atoms. The third-order valence-electron chi connectivity index (χ3n) is 3.47. The summed E-state index contributed by atoms with van der Waals surface area (Å²) in [4.78, 5) is 12.4. The Labute approximate surface area is 122 Å². The summed E-state index contributed by atoms with van der Waals surface area (Å²) in [6.07, 6.45) is 0. The van der Waals surface area contributed by atoms with Crippen LogP contribution in [0.3, 0.4) is 0 Å². The quantitative estimate of drug-likeness (QED) is 0.811. The summed E-state index contributed by atoms with van der Waals surface area (Å²) in [5.41, 5.74) is 2.50. The lowest BCUT2D eigenvalue weighted by molar-refractivity contribution is -0.151. The van der Waals surface area contributed by atoms with E-state index in [-0.39, 0.29) is 5.97 Å². The summed E-state index contributed by atoms with van der Waals surface area (Å²) in [5.74, 6) is 0.252. The second kappa shape index (κ2) is 6.89. The average molecular weight is 277 g/mol. The van der Waals surface area contributed by atoms with E-state index < -0.39 is 5.54 Å². The van der Waals surface area contributed by atoms with Crippen molar-refractivity contribution in [3.63, 3.8) is 0 Å². The highest BCUT2D eigenvalue weighted by Crippen LogP contribution is 2.27. The Morgan fingerprint density at radius 2 is 2.00 bits per heavy atom. The van der Waals surface area contributed by atoms with E-state index in [0.29, 0.717) is 12.5 Å². The van der Waals surface area contributed by atoms with Crippen LogP contribution in [-0.4, -0.2) is 19.1 Å². The molecule has 0 heterocycles. The van der Waals surface area contributed by atoms with Gasteiger partial charge in [-0.05, 0) is 51.3 Å². The molecule has 1 unspecified atom stereocenters. The highest BCUT2D eigenvalue weighted by atomic mass is 16.5. The lowest BCUT2D eigenvalue weighted by Crippen LogP contribution is -2.49. The van der Waals surface area contributed by atoms with Crippen LogP contribution in [0.4, 0.5) is 0 Å². The number of esters is 1. The van der Waals surface area contributed by atoms with Gasteiger partial charge in [0.05, 0.1) is 6.61 Å². The van der Waals surface area contributed by atoms with E-state index in [9.17, 15) is 4.79 Å². The largest absolute Gasteiger partial charge is 0.464 e. The Morgan fingerprint density at radius 1 is 1.35 bits per heavy atom. The van der Waals surface area contributed by atoms with Crippen molar-refractivity contribution in [2.24, 2.45) is 5.92 Å². The number of nitrogens with one attached hydrogen (secondary N) is 1. The number of ether oxygens (including phenoxy) is 1. The average Bonchev–Trinajstić information content (AvgIpc) is 2.36. The molecule has 0 saturated carbocycles. The number of benzene rings is 1. The zero-order chi connectivity index (χ0) is 15.3. The molecule has 3 heteroatoms. The molecule has 0 amide bonds. The molecule has 0 aromatic heterocycles. The van der Waals surface area contributed by atoms with E-state index in [1.54, 1.807) is 0 Å². The third-order valence-corrected chi connectivity index (χ3v) is 3.47. The first-order valence-electron chi connectivity index (χ1n) is 7.31. The van der Waals surface area contributed by atoms with Crippen molar-refractivity contribution in [3.05, 3.63) is 34.9 Å². The highest BCUT2D eigenvalue weighted by molar-refractivity contribution is 5.82. The van der Waals surface area contributed by atoms with Crippen molar-refractivity contribution in [3.8, 4) is 0 Å². The molecular weight excluding hydrogens is 250 g/mol. The summed E-state index contributed by atoms with van der Waals surface area (Å²) in [6, 6.07) is 6.16. The molecule has 0 fully saturated rings. The minimum Gasteiger partial charge on any atom is -0.464 e. The molecule has 0 aliphatic rings. The molecule has 1 atom stereocenters. The van der Waals surface area contributed by atoms with Gasteiger partial charge >= 0.3 is 5.97 Å². The van der Waals surface area contributed by atoms with Gasteiger partial charge in [0.1, 0.15) is 5.54 Å². The first kappa shape index (κ1) is 16.7. The van der Waals surface area contributed by atoms with Gasteiger partial charge < -0.3 is 4.74 Å². The van der Waals surface area contributed by atoms with Gasteiger partial charge in [0.25, 0.3) is 0 Å². The van der Waals surface area contributed by atoms with Crippen LogP contribution in [0.2, 0.25) is 0 Å². The normalized spacial score (nSPS) is 14.2. The fraction of sp³-hybridized carbons (Fsp3) is 0.588. The molecule has 0 aliphatic heterocycles. The molecule has 0 spiro atoms. The van der Waals surface area contributed by atoms with Crippen LogP contribution in [0.1, 0.15) is 44.4 Å². The van der Waals surface area contributed by atoms with Crippen molar-refractivity contribution < 1.29 is 9.53 Å². The predicted octanol–water partition coefficient (Wildman–Crippen LogP) is 3.33. The van der Waals surface area contributed by atoms with Crippen LogP contribution in [0.15, 0.2) is 18.2 Å². The minimum atomic E-state index is -0.794. The van der Waals surface area contributed by atoms with Crippen molar-refractivity contribution in [1.29, 1.82) is 0 Å². The number of aryl methyl sites for hydroxylation is 2. The summed E-state index contributed by atoms with van der Waals surface area (Å²) >= 11 is 0. The van der Waals surface area contributed by atoms with E-state index in [1.807, 2.05) is 32.9 Å². The van der Waals surface area contributed by atoms with E-state index in [1.165, 1.54) is 5.56 Å². The van der Waals surface area contributed by atoms with Crippen LogP contribution in [0.5, 0.6) is 0 Å². The molecule has 1 N–H and O–H groups in total. The van der Waals surface area contributed by atoms with Gasteiger partial charge in [-0.15, -0.1) is 0 Å². The Bertz CT molecular complexity index is 468. The van der Waals surface area contributed by atoms with E-state index >= 15 is 0 Å². The Balaban J connectivity index is 3.17. The lowest BCUT2D eigenvalue weighted by Gasteiger charge is -2.31. The smallest absolute Gasteiger partial charge is 0.330 e. The fourth-order valence-corrected chi connectivity index (χ4v) is 2.34. The summed E-state index contributed by atoms with van der Waals surface area (Å²) in [5, 5.41) is 3.38. The first-order valence-corrected chi connectivity index (χ1v) is 7.31. The zero-order valence-electron chi connectivity index (χ0n) is 13.5. The number of hydrogen-bond acceptors (Lipinski definition) is 3. The van der Waals surface area contributed by atoms with Gasteiger partial charge in [0.15, 0.2) is 0 Å². The number of carbonyl (C=O) groups is 1. The van der Waals surface area contributed by atoms with Crippen LogP contribution in [0.25, 0.3) is 0 Å². The van der Waals surface area contributed by atoms with Crippen LogP contribution < -0.4 is 5.32 Å². The predicted molar refractivity (Wildman–Crippen MR) is 82.7 cm³/mol. The monoisotopic (exact) mass is 277 g/mol. The van der Waals surface area contributed by atoms with Crippen molar-refractivity contribution in [2.75, 3.05) is 13.2 Å². The highest BCUT2D eigenvalue weighted by Gasteiger charge is 2.37. The third kappa shape index (κ3) is 3.83. The number of carbonyl (C=O) groups excluding carboxylic acids is 1. The van der Waals surface area contributed by atoms with E-state index in [2.05, 4.69) is 32.2 Å². The van der Waals surface area contributed by atoms with Crippen molar-refractivity contribution in [2.45, 2.75) is 47.1 Å². The Hall–Kier alpha value is -1.35. The minimum absolute atomic E-state index is 0.215. The van der Waals surface area contributed by atoms with Crippen LogP contribution in [-0.2, 0) is 15.1 Å². The molecule has 3 nitrogen and oxygen atoms in total. The number of hydrogen-bond donors (Lipinski definition) is 1. The molecule has 1 aromatic rings. The fourth-order valence-electron chi connectivity index (χ4n) is 2.34. The summed E-state index contributed by atoms with van der Waals surface area (Å²) in [6.45, 7) is 13.2. The Morgan fingerprint density at radius 3 is 2.50 bits per heavy atom. The maximum atomic E-state index is 12.4. The van der Waals surface area contributed by atoms with E-state index in [4.69, 9.17) is 4.74 Å². The second-order valence-corrected chi connectivity index (χ2v) is 5.94. The summed E-state index contributed by atoms with van der Waals surface area (Å²) in [7, 11) is 0. The zero-order valence-corrected chi connectivity index (χ0v) is 13.5. The van der Waals surface area contributed by atoms with Gasteiger partial charge in [0, 0.05) is 0 Å². The standard InChI is InChI=1S/C17H27NO2/c1-7-20-16(19)17(6,18-11-12(2)3)15-9-8-13(4)10-14(15)5/h8-10,12,18H,7,11H2,1-6H3. The lowest BCUT2D eigenvalue weighted by atomic mass is 9.87.